The Balaban J connectivity index is 1.53. The van der Waals surface area contributed by atoms with Gasteiger partial charge in [-0.15, -0.1) is 0 Å². The highest BCUT2D eigenvalue weighted by Gasteiger charge is 2.19. The number of anilines is 1. The summed E-state index contributed by atoms with van der Waals surface area (Å²) < 4.78 is 6.01. The molecule has 4 rings (SSSR count). The molecule has 0 saturated heterocycles. The van der Waals surface area contributed by atoms with Gasteiger partial charge in [0.15, 0.2) is 5.76 Å². The zero-order valence-electron chi connectivity index (χ0n) is 17.1. The van der Waals surface area contributed by atoms with E-state index in [-0.39, 0.29) is 17.3 Å². The van der Waals surface area contributed by atoms with E-state index in [4.69, 9.17) is 4.42 Å². The molecule has 0 atom stereocenters. The van der Waals surface area contributed by atoms with Gasteiger partial charge in [-0.1, -0.05) is 78.5 Å². The summed E-state index contributed by atoms with van der Waals surface area (Å²) in [6.07, 6.45) is 0. The fourth-order valence-corrected chi connectivity index (χ4v) is 3.83. The lowest BCUT2D eigenvalue weighted by Crippen LogP contribution is -2.15. The van der Waals surface area contributed by atoms with E-state index in [1.807, 2.05) is 60.7 Å². The fraction of sp³-hybridized carbons (Fsp3) is 0.0833. The lowest BCUT2D eigenvalue weighted by atomic mass is 10.1. The number of aromatic nitrogens is 1. The zero-order valence-corrected chi connectivity index (χ0v) is 18.0. The van der Waals surface area contributed by atoms with E-state index in [0.29, 0.717) is 27.9 Å². The van der Waals surface area contributed by atoms with Gasteiger partial charge in [-0.05, 0) is 13.0 Å². The molecule has 0 radical (unpaired) electrons. The van der Waals surface area contributed by atoms with Crippen LogP contribution in [0.25, 0.3) is 22.6 Å². The van der Waals surface area contributed by atoms with Gasteiger partial charge >= 0.3 is 0 Å². The molecular weight excluding hydrogens is 426 g/mol. The summed E-state index contributed by atoms with van der Waals surface area (Å²) in [6.45, 7) is 1.60. The van der Waals surface area contributed by atoms with Crippen molar-refractivity contribution in [1.29, 1.82) is 0 Å². The number of nitro benzene ring substituents is 1. The number of oxazole rings is 1. The van der Waals surface area contributed by atoms with Gasteiger partial charge in [-0.25, -0.2) is 4.98 Å². The molecular formula is C24H19N3O4S. The van der Waals surface area contributed by atoms with Gasteiger partial charge in [-0.2, -0.15) is 0 Å². The number of nitro groups is 1. The molecule has 1 heterocycles. The highest BCUT2D eigenvalue weighted by molar-refractivity contribution is 7.99. The van der Waals surface area contributed by atoms with Crippen molar-refractivity contribution >= 4 is 29.0 Å². The summed E-state index contributed by atoms with van der Waals surface area (Å²) >= 11 is 1.16. The third-order valence-corrected chi connectivity index (χ3v) is 5.62. The van der Waals surface area contributed by atoms with Gasteiger partial charge in [0.1, 0.15) is 5.69 Å². The Labute approximate surface area is 188 Å². The van der Waals surface area contributed by atoms with Crippen LogP contribution in [0, 0.1) is 17.0 Å². The predicted molar refractivity (Wildman–Crippen MR) is 125 cm³/mol. The number of thioether (sulfide) groups is 1. The SMILES string of the molecule is Cc1c(NC(=O)CSc2nc(-c3ccccc3)c(-c3ccccc3)o2)cccc1[N+](=O)[O-]. The number of hydrogen-bond donors (Lipinski definition) is 1. The molecule has 1 N–H and O–H groups in total. The summed E-state index contributed by atoms with van der Waals surface area (Å²) in [6, 6.07) is 24.0. The Kier molecular flexibility index (Phi) is 6.32. The number of amides is 1. The second-order valence-corrected chi connectivity index (χ2v) is 7.86. The maximum absolute atomic E-state index is 12.5. The average Bonchev–Trinajstić information content (AvgIpc) is 3.24. The van der Waals surface area contributed by atoms with Crippen molar-refractivity contribution in [3.05, 3.63) is 94.5 Å². The standard InChI is InChI=1S/C24H19N3O4S/c1-16-19(13-8-14-20(16)27(29)30)25-21(28)15-32-24-26-22(17-9-4-2-5-10-17)23(31-24)18-11-6-3-7-12-18/h2-14H,15H2,1H3,(H,25,28). The topological polar surface area (TPSA) is 98.3 Å². The molecule has 32 heavy (non-hydrogen) atoms. The van der Waals surface area contributed by atoms with Crippen LogP contribution in [0.2, 0.25) is 0 Å². The van der Waals surface area contributed by atoms with Gasteiger partial charge in [0, 0.05) is 17.2 Å². The Bertz CT molecular complexity index is 1200. The molecule has 1 amide bonds. The molecule has 0 bridgehead atoms. The van der Waals surface area contributed by atoms with Crippen LogP contribution in [-0.4, -0.2) is 21.6 Å². The van der Waals surface area contributed by atoms with Crippen molar-refractivity contribution in [2.24, 2.45) is 0 Å². The maximum atomic E-state index is 12.5. The summed E-state index contributed by atoms with van der Waals surface area (Å²) in [5.41, 5.74) is 3.29. The minimum absolute atomic E-state index is 0.0387. The second-order valence-electron chi connectivity index (χ2n) is 6.93. The van der Waals surface area contributed by atoms with E-state index in [0.717, 1.165) is 22.9 Å². The van der Waals surface area contributed by atoms with Crippen LogP contribution in [0.1, 0.15) is 5.56 Å². The molecule has 0 aliphatic rings. The van der Waals surface area contributed by atoms with Crippen molar-refractivity contribution in [1.82, 2.24) is 4.98 Å². The summed E-state index contributed by atoms with van der Waals surface area (Å²) in [7, 11) is 0. The first-order chi connectivity index (χ1) is 15.5. The molecule has 0 unspecified atom stereocenters. The highest BCUT2D eigenvalue weighted by Crippen LogP contribution is 2.35. The van der Waals surface area contributed by atoms with Crippen molar-refractivity contribution in [3.63, 3.8) is 0 Å². The van der Waals surface area contributed by atoms with Gasteiger partial charge < -0.3 is 9.73 Å². The molecule has 0 aliphatic carbocycles. The highest BCUT2D eigenvalue weighted by atomic mass is 32.2. The van der Waals surface area contributed by atoms with Crippen LogP contribution in [0.4, 0.5) is 11.4 Å². The first-order valence-corrected chi connectivity index (χ1v) is 10.8. The summed E-state index contributed by atoms with van der Waals surface area (Å²) in [5.74, 6) is 0.374. The van der Waals surface area contributed by atoms with Crippen LogP contribution in [0.3, 0.4) is 0 Å². The number of hydrogen-bond acceptors (Lipinski definition) is 6. The largest absolute Gasteiger partial charge is 0.431 e. The summed E-state index contributed by atoms with van der Waals surface area (Å²) in [4.78, 5) is 27.7. The first-order valence-electron chi connectivity index (χ1n) is 9.81. The number of rotatable bonds is 7. The Hall–Kier alpha value is -3.91. The number of nitrogens with zero attached hydrogens (tertiary/aromatic N) is 2. The Morgan fingerprint density at radius 2 is 1.66 bits per heavy atom. The molecule has 0 saturated carbocycles. The van der Waals surface area contributed by atoms with E-state index in [1.165, 1.54) is 6.07 Å². The molecule has 0 spiro atoms. The lowest BCUT2D eigenvalue weighted by Gasteiger charge is -2.07. The monoisotopic (exact) mass is 445 g/mol. The smallest absolute Gasteiger partial charge is 0.274 e. The summed E-state index contributed by atoms with van der Waals surface area (Å²) in [5, 5.41) is 14.2. The second kappa shape index (κ2) is 9.49. The average molecular weight is 446 g/mol. The quantitative estimate of drug-likeness (QED) is 0.214. The van der Waals surface area contributed by atoms with Gasteiger partial charge in [-0.3, -0.25) is 14.9 Å². The normalized spacial score (nSPS) is 10.7. The molecule has 0 fully saturated rings. The van der Waals surface area contributed by atoms with E-state index in [2.05, 4.69) is 10.3 Å². The van der Waals surface area contributed by atoms with E-state index >= 15 is 0 Å². The van der Waals surface area contributed by atoms with Crippen LogP contribution in [-0.2, 0) is 4.79 Å². The van der Waals surface area contributed by atoms with Gasteiger partial charge in [0.05, 0.1) is 21.9 Å². The number of benzene rings is 3. The minimum atomic E-state index is -0.470. The molecule has 4 aromatic rings. The van der Waals surface area contributed by atoms with E-state index in [9.17, 15) is 14.9 Å². The minimum Gasteiger partial charge on any atom is -0.431 e. The van der Waals surface area contributed by atoms with Gasteiger partial charge in [0.2, 0.25) is 5.91 Å². The van der Waals surface area contributed by atoms with Crippen LogP contribution in [0.5, 0.6) is 0 Å². The molecule has 160 valence electrons. The van der Waals surface area contributed by atoms with Crippen LogP contribution in [0.15, 0.2) is 88.5 Å². The fourth-order valence-electron chi connectivity index (χ4n) is 3.21. The molecule has 1 aromatic heterocycles. The molecule has 7 nitrogen and oxygen atoms in total. The number of nitrogens with one attached hydrogen (secondary N) is 1. The number of carbonyl (C=O) groups excluding carboxylic acids is 1. The van der Waals surface area contributed by atoms with Crippen molar-refractivity contribution in [2.45, 2.75) is 12.1 Å². The maximum Gasteiger partial charge on any atom is 0.274 e. The van der Waals surface area contributed by atoms with Crippen LogP contribution >= 0.6 is 11.8 Å². The predicted octanol–water partition coefficient (Wildman–Crippen LogP) is 5.96. The van der Waals surface area contributed by atoms with Crippen molar-refractivity contribution < 1.29 is 14.1 Å². The van der Waals surface area contributed by atoms with Crippen molar-refractivity contribution in [2.75, 3.05) is 11.1 Å². The third kappa shape index (κ3) is 4.70. The van der Waals surface area contributed by atoms with Crippen molar-refractivity contribution in [3.8, 4) is 22.6 Å². The third-order valence-electron chi connectivity index (χ3n) is 4.79. The Morgan fingerprint density at radius 3 is 2.31 bits per heavy atom. The molecule has 8 heteroatoms. The van der Waals surface area contributed by atoms with Gasteiger partial charge in [0.25, 0.3) is 10.9 Å². The zero-order chi connectivity index (χ0) is 22.5. The number of carbonyl (C=O) groups is 1. The lowest BCUT2D eigenvalue weighted by molar-refractivity contribution is -0.385. The van der Waals surface area contributed by atoms with E-state index < -0.39 is 4.92 Å². The first kappa shape index (κ1) is 21.3. The van der Waals surface area contributed by atoms with E-state index in [1.54, 1.807) is 19.1 Å². The van der Waals surface area contributed by atoms with Crippen LogP contribution < -0.4 is 5.32 Å². The molecule has 3 aromatic carbocycles. The molecule has 0 aliphatic heterocycles. The Morgan fingerprint density at radius 1 is 1.00 bits per heavy atom.